The molecule has 0 N–H and O–H groups in total. The van der Waals surface area contributed by atoms with Gasteiger partial charge in [-0.05, 0) is 37.0 Å². The van der Waals surface area contributed by atoms with Gasteiger partial charge in [0.25, 0.3) is 0 Å². The Balaban J connectivity index is 1.79. The summed E-state index contributed by atoms with van der Waals surface area (Å²) >= 11 is 3.52. The quantitative estimate of drug-likeness (QED) is 0.437. The third-order valence-corrected chi connectivity index (χ3v) is 5.53. The monoisotopic (exact) mass is 391 g/mol. The second kappa shape index (κ2) is 5.88. The number of hydrogen-bond donors (Lipinski definition) is 0. The van der Waals surface area contributed by atoms with E-state index in [1.807, 2.05) is 0 Å². The Kier molecular flexibility index (Phi) is 3.52. The zero-order chi connectivity index (χ0) is 16.8. The van der Waals surface area contributed by atoms with E-state index in [-0.39, 0.29) is 0 Å². The highest BCUT2D eigenvalue weighted by atomic mass is 79.9. The number of nitrogens with zero attached hydrogens (tertiary/aromatic N) is 3. The summed E-state index contributed by atoms with van der Waals surface area (Å²) in [4.78, 5) is 0. The maximum Gasteiger partial charge on any atom is 0.166 e. The zero-order valence-electron chi connectivity index (χ0n) is 13.8. The van der Waals surface area contributed by atoms with E-state index in [9.17, 15) is 0 Å². The van der Waals surface area contributed by atoms with Crippen LogP contribution in [0.5, 0.6) is 0 Å². The molecule has 3 nitrogen and oxygen atoms in total. The van der Waals surface area contributed by atoms with Crippen molar-refractivity contribution in [2.45, 2.75) is 25.8 Å². The maximum atomic E-state index is 4.94. The summed E-state index contributed by atoms with van der Waals surface area (Å²) in [5.41, 5.74) is 6.46. The summed E-state index contributed by atoms with van der Waals surface area (Å²) in [6, 6.07) is 19.1. The lowest BCUT2D eigenvalue weighted by Crippen LogP contribution is -1.98. The molecule has 1 aliphatic heterocycles. The summed E-state index contributed by atoms with van der Waals surface area (Å²) in [7, 11) is 0. The second-order valence-electron chi connectivity index (χ2n) is 6.59. The van der Waals surface area contributed by atoms with Gasteiger partial charge in [0, 0.05) is 33.9 Å². The Bertz CT molecular complexity index is 1040. The molecule has 5 rings (SSSR count). The summed E-state index contributed by atoms with van der Waals surface area (Å²) in [6.07, 6.45) is 5.79. The number of halogens is 1. The van der Waals surface area contributed by atoms with E-state index in [0.717, 1.165) is 28.8 Å². The number of aromatic nitrogens is 3. The van der Waals surface area contributed by atoms with Crippen LogP contribution in [0.2, 0.25) is 0 Å². The molecule has 4 heteroatoms. The fourth-order valence-electron chi connectivity index (χ4n) is 3.81. The molecule has 0 saturated heterocycles. The summed E-state index contributed by atoms with van der Waals surface area (Å²) < 4.78 is 5.57. The van der Waals surface area contributed by atoms with Crippen molar-refractivity contribution in [2.24, 2.45) is 0 Å². The lowest BCUT2D eigenvalue weighted by molar-refractivity contribution is 0.590. The van der Waals surface area contributed by atoms with E-state index >= 15 is 0 Å². The second-order valence-corrected chi connectivity index (χ2v) is 7.51. The highest BCUT2D eigenvalue weighted by Crippen LogP contribution is 2.35. The van der Waals surface area contributed by atoms with Crippen molar-refractivity contribution in [3.05, 3.63) is 70.8 Å². The molecule has 2 aromatic carbocycles. The molecule has 3 heterocycles. The van der Waals surface area contributed by atoms with Gasteiger partial charge in [-0.15, -0.1) is 0 Å². The van der Waals surface area contributed by atoms with Gasteiger partial charge < -0.3 is 0 Å². The highest BCUT2D eigenvalue weighted by molar-refractivity contribution is 9.10. The van der Waals surface area contributed by atoms with Crippen LogP contribution in [0.15, 0.2) is 65.3 Å². The van der Waals surface area contributed by atoms with Crippen LogP contribution in [0.3, 0.4) is 0 Å². The van der Waals surface area contributed by atoms with Gasteiger partial charge in [-0.1, -0.05) is 58.4 Å². The third-order valence-electron chi connectivity index (χ3n) is 5.00. The van der Waals surface area contributed by atoms with E-state index in [1.165, 1.54) is 35.2 Å². The fraction of sp³-hybridized carbons (Fsp3) is 0.190. The minimum atomic E-state index is 0.991. The Morgan fingerprint density at radius 1 is 0.880 bits per heavy atom. The number of benzene rings is 2. The molecule has 0 aliphatic carbocycles. The van der Waals surface area contributed by atoms with Crippen LogP contribution in [0.1, 0.15) is 18.4 Å². The molecule has 1 aliphatic rings. The molecule has 0 radical (unpaired) electrons. The Morgan fingerprint density at radius 3 is 2.48 bits per heavy atom. The molecule has 124 valence electrons. The Labute approximate surface area is 155 Å². The van der Waals surface area contributed by atoms with Gasteiger partial charge in [0.15, 0.2) is 5.82 Å². The molecular formula is C21H18BrN3. The minimum absolute atomic E-state index is 0.991. The van der Waals surface area contributed by atoms with E-state index in [2.05, 4.69) is 85.8 Å². The van der Waals surface area contributed by atoms with Crippen LogP contribution in [-0.2, 0) is 13.0 Å². The van der Waals surface area contributed by atoms with Gasteiger partial charge in [0.05, 0.1) is 0 Å². The van der Waals surface area contributed by atoms with Gasteiger partial charge in [0.2, 0.25) is 0 Å². The van der Waals surface area contributed by atoms with Crippen LogP contribution in [0.25, 0.3) is 28.2 Å². The Morgan fingerprint density at radius 2 is 1.68 bits per heavy atom. The molecule has 0 bridgehead atoms. The van der Waals surface area contributed by atoms with Crippen molar-refractivity contribution in [2.75, 3.05) is 0 Å². The molecule has 0 atom stereocenters. The van der Waals surface area contributed by atoms with E-state index in [1.54, 1.807) is 0 Å². The smallest absolute Gasteiger partial charge is 0.166 e. The number of aryl methyl sites for hydroxylation is 2. The predicted octanol–water partition coefficient (Wildman–Crippen LogP) is 5.57. The normalized spacial score (nSPS) is 14.0. The lowest BCUT2D eigenvalue weighted by Gasteiger charge is -2.02. The van der Waals surface area contributed by atoms with Crippen LogP contribution >= 0.6 is 15.9 Å². The van der Waals surface area contributed by atoms with Crippen molar-refractivity contribution < 1.29 is 0 Å². The van der Waals surface area contributed by atoms with Crippen molar-refractivity contribution in [1.29, 1.82) is 0 Å². The lowest BCUT2D eigenvalue weighted by atomic mass is 10.0. The fourth-order valence-corrected chi connectivity index (χ4v) is 4.08. The molecule has 0 spiro atoms. The first-order valence-electron chi connectivity index (χ1n) is 8.73. The van der Waals surface area contributed by atoms with E-state index < -0.39 is 0 Å². The van der Waals surface area contributed by atoms with Crippen molar-refractivity contribution >= 4 is 21.6 Å². The molecule has 25 heavy (non-hydrogen) atoms. The zero-order valence-corrected chi connectivity index (χ0v) is 15.4. The van der Waals surface area contributed by atoms with E-state index in [0.29, 0.717) is 0 Å². The topological polar surface area (TPSA) is 22.2 Å². The van der Waals surface area contributed by atoms with Crippen molar-refractivity contribution in [3.63, 3.8) is 0 Å². The molecule has 0 amide bonds. The molecule has 2 aromatic heterocycles. The predicted molar refractivity (Wildman–Crippen MR) is 105 cm³/mol. The number of rotatable bonds is 2. The van der Waals surface area contributed by atoms with Crippen LogP contribution in [0.4, 0.5) is 0 Å². The van der Waals surface area contributed by atoms with E-state index in [4.69, 9.17) is 5.10 Å². The summed E-state index contributed by atoms with van der Waals surface area (Å²) in [5.74, 6) is 1.02. The van der Waals surface area contributed by atoms with Gasteiger partial charge in [-0.3, -0.25) is 4.40 Å². The average molecular weight is 392 g/mol. The van der Waals surface area contributed by atoms with Gasteiger partial charge >= 0.3 is 0 Å². The van der Waals surface area contributed by atoms with Gasteiger partial charge in [0.1, 0.15) is 5.65 Å². The van der Waals surface area contributed by atoms with Gasteiger partial charge in [-0.25, -0.2) is 4.68 Å². The molecule has 4 aromatic rings. The molecule has 0 fully saturated rings. The van der Waals surface area contributed by atoms with Crippen LogP contribution < -0.4 is 0 Å². The number of hydrogen-bond acceptors (Lipinski definition) is 1. The van der Waals surface area contributed by atoms with Crippen LogP contribution in [0, 0.1) is 0 Å². The third kappa shape index (κ3) is 2.44. The largest absolute Gasteiger partial charge is 0.283 e. The SMILES string of the molecule is Brc1ccc(-c2nn3c4c(c(-c5ccccc5)cn24)CCCC3)cc1. The maximum absolute atomic E-state index is 4.94. The average Bonchev–Trinajstić information content (AvgIpc) is 3.10. The summed E-state index contributed by atoms with van der Waals surface area (Å²) in [6.45, 7) is 0.991. The highest BCUT2D eigenvalue weighted by Gasteiger charge is 2.22. The van der Waals surface area contributed by atoms with Crippen LogP contribution in [-0.4, -0.2) is 14.2 Å². The minimum Gasteiger partial charge on any atom is -0.283 e. The first-order valence-corrected chi connectivity index (χ1v) is 9.53. The Hall–Kier alpha value is -2.33. The molecule has 0 saturated carbocycles. The first-order chi connectivity index (χ1) is 12.3. The summed E-state index contributed by atoms with van der Waals surface area (Å²) in [5, 5.41) is 4.94. The standard InChI is InChI=1S/C21H18BrN3/c22-17-11-9-16(10-12-17)20-23-25-13-5-4-8-18-19(14-24(20)21(18)25)15-6-2-1-3-7-15/h1-3,6-7,9-12,14H,4-5,8,13H2. The van der Waals surface area contributed by atoms with Gasteiger partial charge in [-0.2, -0.15) is 5.10 Å². The van der Waals surface area contributed by atoms with Crippen molar-refractivity contribution in [1.82, 2.24) is 14.2 Å². The van der Waals surface area contributed by atoms with Crippen molar-refractivity contribution in [3.8, 4) is 22.5 Å². The first kappa shape index (κ1) is 15.0. The molecular weight excluding hydrogens is 374 g/mol. The molecule has 0 unspecified atom stereocenters.